The fraction of sp³-hybridized carbons (Fsp3) is 0.269. The van der Waals surface area contributed by atoms with Gasteiger partial charge < -0.3 is 10.4 Å². The molecule has 6 rings (SSSR count). The number of aliphatic hydroxyl groups excluding tert-OH is 1. The Morgan fingerprint density at radius 1 is 1.21 bits per heavy atom. The highest BCUT2D eigenvalue weighted by atomic mass is 127. The highest BCUT2D eigenvalue weighted by Crippen LogP contribution is 2.33. The van der Waals surface area contributed by atoms with E-state index in [1.165, 1.54) is 23.0 Å². The van der Waals surface area contributed by atoms with E-state index < -0.39 is 0 Å². The Bertz CT molecular complexity index is 1340. The molecule has 0 saturated carbocycles. The minimum atomic E-state index is -0.164. The highest BCUT2D eigenvalue weighted by molar-refractivity contribution is 14.2. The maximum atomic E-state index is 10.4. The molecule has 1 aliphatic carbocycles. The largest absolute Gasteiger partial charge is 0.507 e. The first-order valence-corrected chi connectivity index (χ1v) is 13.7. The Hall–Kier alpha value is -2.78. The van der Waals surface area contributed by atoms with Crippen molar-refractivity contribution in [3.63, 3.8) is 0 Å². The van der Waals surface area contributed by atoms with E-state index in [2.05, 4.69) is 40.3 Å². The smallest absolute Gasteiger partial charge is 0.177 e. The number of fused-ring (bicyclic) bond motifs is 1. The standard InChI is InChI=1S/C26H26IN5O/c1-17-5-4-13-31(17)24-9-3-8-23(27-24)29-22-16-21(30-32-14-12-28-26(22)32)19-6-2-7-20(15-19)25(33)18-10-11-18/h2-3,6-8,10-12,14-17,24,29,33H,4-5,9,13H2,1H3. The van der Waals surface area contributed by atoms with Gasteiger partial charge in [-0.1, -0.05) is 57.2 Å². The van der Waals surface area contributed by atoms with Crippen molar-refractivity contribution in [3.05, 3.63) is 78.2 Å². The van der Waals surface area contributed by atoms with Gasteiger partial charge in [-0.2, -0.15) is 5.10 Å². The van der Waals surface area contributed by atoms with Crippen LogP contribution >= 0.6 is 20.7 Å². The van der Waals surface area contributed by atoms with Crippen LogP contribution in [0.5, 0.6) is 0 Å². The first-order valence-electron chi connectivity index (χ1n) is 11.4. The summed E-state index contributed by atoms with van der Waals surface area (Å²) in [6.45, 7) is 3.60. The van der Waals surface area contributed by atoms with Crippen LogP contribution in [0.1, 0.15) is 31.7 Å². The minimum absolute atomic E-state index is 0.164. The van der Waals surface area contributed by atoms with Crippen molar-refractivity contribution in [2.24, 2.45) is 0 Å². The number of anilines is 1. The number of benzene rings is 1. The lowest BCUT2D eigenvalue weighted by molar-refractivity contribution is 0.261. The zero-order chi connectivity index (χ0) is 22.4. The van der Waals surface area contributed by atoms with Crippen molar-refractivity contribution in [1.82, 2.24) is 19.5 Å². The van der Waals surface area contributed by atoms with E-state index in [1.807, 2.05) is 47.1 Å². The first-order chi connectivity index (χ1) is 16.2. The third-order valence-corrected chi connectivity index (χ3v) is 9.70. The minimum Gasteiger partial charge on any atom is -0.507 e. The van der Waals surface area contributed by atoms with Crippen molar-refractivity contribution < 1.29 is 5.11 Å². The summed E-state index contributed by atoms with van der Waals surface area (Å²) in [5.41, 5.74) is 5.28. The number of hydrogen-bond acceptors (Lipinski definition) is 5. The Morgan fingerprint density at radius 2 is 2.12 bits per heavy atom. The van der Waals surface area contributed by atoms with Crippen LogP contribution in [0, 0.1) is 0 Å². The van der Waals surface area contributed by atoms with E-state index in [4.69, 9.17) is 5.10 Å². The summed E-state index contributed by atoms with van der Waals surface area (Å²) in [6.07, 6.45) is 15.9. The lowest BCUT2D eigenvalue weighted by Gasteiger charge is -2.30. The summed E-state index contributed by atoms with van der Waals surface area (Å²) < 4.78 is 3.81. The molecule has 2 aromatic heterocycles. The van der Waals surface area contributed by atoms with E-state index >= 15 is 0 Å². The van der Waals surface area contributed by atoms with Crippen molar-refractivity contribution in [2.75, 3.05) is 11.9 Å². The second-order valence-electron chi connectivity index (χ2n) is 8.74. The molecule has 7 heteroatoms. The lowest BCUT2D eigenvalue weighted by atomic mass is 10.1. The average Bonchev–Trinajstić information content (AvgIpc) is 3.42. The summed E-state index contributed by atoms with van der Waals surface area (Å²) in [4.78, 5) is 7.26. The summed E-state index contributed by atoms with van der Waals surface area (Å²) >= 11 is -0.164. The quantitative estimate of drug-likeness (QED) is 0.189. The number of halogens is 1. The molecule has 33 heavy (non-hydrogen) atoms. The molecule has 4 heterocycles. The number of hydrogen-bond donors (Lipinski definition) is 2. The third kappa shape index (κ3) is 4.15. The predicted octanol–water partition coefficient (Wildman–Crippen LogP) is 5.52. The van der Waals surface area contributed by atoms with Gasteiger partial charge in [-0.25, -0.2) is 9.50 Å². The Balaban J connectivity index is 1.34. The van der Waals surface area contributed by atoms with Crippen molar-refractivity contribution in [3.8, 4) is 11.3 Å². The number of nitrogens with zero attached hydrogens (tertiary/aromatic N) is 4. The van der Waals surface area contributed by atoms with Crippen LogP contribution in [0.15, 0.2) is 72.6 Å². The summed E-state index contributed by atoms with van der Waals surface area (Å²) in [5.74, 6) is 0.314. The van der Waals surface area contributed by atoms with Gasteiger partial charge in [0, 0.05) is 35.1 Å². The molecule has 0 bridgehead atoms. The van der Waals surface area contributed by atoms with Crippen molar-refractivity contribution >= 4 is 41.5 Å². The predicted molar refractivity (Wildman–Crippen MR) is 143 cm³/mol. The van der Waals surface area contributed by atoms with Gasteiger partial charge in [-0.05, 0) is 50.9 Å². The highest BCUT2D eigenvalue weighted by Gasteiger charge is 2.27. The molecule has 1 saturated heterocycles. The van der Waals surface area contributed by atoms with Crippen LogP contribution in [-0.4, -0.2) is 44.9 Å². The average molecular weight is 551 g/mol. The summed E-state index contributed by atoms with van der Waals surface area (Å²) in [5, 5.41) is 18.9. The zero-order valence-electron chi connectivity index (χ0n) is 18.4. The normalized spacial score (nSPS) is 22.3. The topological polar surface area (TPSA) is 65.7 Å². The number of imidazole rings is 1. The summed E-state index contributed by atoms with van der Waals surface area (Å²) in [6, 6.07) is 10.7. The molecule has 2 atom stereocenters. The molecule has 0 amide bonds. The fourth-order valence-corrected chi connectivity index (χ4v) is 8.03. The molecule has 1 fully saturated rings. The van der Waals surface area contributed by atoms with Gasteiger partial charge in [-0.3, -0.25) is 4.90 Å². The van der Waals surface area contributed by atoms with E-state index in [9.17, 15) is 5.11 Å². The van der Waals surface area contributed by atoms with Crippen LogP contribution in [0.2, 0.25) is 0 Å². The van der Waals surface area contributed by atoms with Gasteiger partial charge in [0.25, 0.3) is 0 Å². The van der Waals surface area contributed by atoms with Crippen LogP contribution in [0.3, 0.4) is 0 Å². The molecule has 2 unspecified atom stereocenters. The van der Waals surface area contributed by atoms with Crippen molar-refractivity contribution in [1.29, 1.82) is 0 Å². The molecule has 2 N–H and O–H groups in total. The fourth-order valence-electron chi connectivity index (χ4n) is 4.61. The van der Waals surface area contributed by atoms with Crippen LogP contribution in [-0.2, 0) is 0 Å². The second kappa shape index (κ2) is 8.53. The van der Waals surface area contributed by atoms with Crippen LogP contribution in [0.25, 0.3) is 22.7 Å². The maximum absolute atomic E-state index is 10.4. The van der Waals surface area contributed by atoms with E-state index in [0.717, 1.165) is 40.1 Å². The van der Waals surface area contributed by atoms with Gasteiger partial charge in [0.05, 0.1) is 19.1 Å². The molecule has 3 aromatic rings. The number of aliphatic hydroxyl groups is 1. The molecule has 0 radical (unpaired) electrons. The molecule has 1 aromatic carbocycles. The Labute approximate surface area is 203 Å². The van der Waals surface area contributed by atoms with Gasteiger partial charge in [0.1, 0.15) is 5.76 Å². The van der Waals surface area contributed by atoms with Gasteiger partial charge in [0.15, 0.2) is 5.65 Å². The Kier molecular flexibility index (Phi) is 5.38. The van der Waals surface area contributed by atoms with E-state index in [-0.39, 0.29) is 20.7 Å². The lowest BCUT2D eigenvalue weighted by Crippen LogP contribution is -2.35. The third-order valence-electron chi connectivity index (χ3n) is 6.45. The molecular weight excluding hydrogens is 525 g/mol. The first kappa shape index (κ1) is 20.8. The Morgan fingerprint density at radius 3 is 2.94 bits per heavy atom. The molecule has 0 spiro atoms. The number of likely N-dealkylation sites (tertiary alicyclic amines) is 1. The van der Waals surface area contributed by atoms with Crippen molar-refractivity contribution in [2.45, 2.75) is 36.3 Å². The van der Waals surface area contributed by atoms with Crippen LogP contribution in [0.4, 0.5) is 5.69 Å². The van der Waals surface area contributed by atoms with Crippen LogP contribution < -0.4 is 5.32 Å². The number of alkyl halides is 1. The zero-order valence-corrected chi connectivity index (χ0v) is 20.6. The monoisotopic (exact) mass is 551 g/mol. The van der Waals surface area contributed by atoms with Gasteiger partial charge >= 0.3 is 0 Å². The number of rotatable bonds is 5. The number of nitrogens with one attached hydrogen (secondary N) is 1. The molecule has 3 aliphatic rings. The SMILES string of the molecule is CC1CCCN1C1CC=CC(Nc2cc(-c3cccc(C(O)=C4C=C4)c3)nn3ccnc23)=I1. The molecule has 2 aliphatic heterocycles. The summed E-state index contributed by atoms with van der Waals surface area (Å²) in [7, 11) is 0. The second-order valence-corrected chi connectivity index (χ2v) is 12.0. The van der Waals surface area contributed by atoms with E-state index in [1.54, 1.807) is 6.20 Å². The maximum Gasteiger partial charge on any atom is 0.177 e. The van der Waals surface area contributed by atoms with Gasteiger partial charge in [-0.15, -0.1) is 0 Å². The molecule has 168 valence electrons. The van der Waals surface area contributed by atoms with E-state index in [0.29, 0.717) is 15.8 Å². The number of aromatic nitrogens is 3. The van der Waals surface area contributed by atoms with Gasteiger partial charge in [0.2, 0.25) is 0 Å². The molecule has 6 nitrogen and oxygen atoms in total. The number of allylic oxidation sites excluding steroid dienone is 3. The molecular formula is C26H26IN5O.